The van der Waals surface area contributed by atoms with Crippen molar-refractivity contribution in [3.8, 4) is 22.3 Å². The summed E-state index contributed by atoms with van der Waals surface area (Å²) in [5, 5.41) is 0. The Kier molecular flexibility index (Phi) is 11.3. The average molecular weight is 499 g/mol. The van der Waals surface area contributed by atoms with Gasteiger partial charge in [-0.2, -0.15) is 0 Å². The van der Waals surface area contributed by atoms with Gasteiger partial charge in [-0.15, -0.1) is 0 Å². The van der Waals surface area contributed by atoms with Crippen LogP contribution in [-0.4, -0.2) is 6.67 Å². The Balaban J connectivity index is 1.20. The highest BCUT2D eigenvalue weighted by atomic mass is 19.1. The zero-order valence-electron chi connectivity index (χ0n) is 23.1. The zero-order valence-corrected chi connectivity index (χ0v) is 23.1. The Labute approximate surface area is 225 Å². The van der Waals surface area contributed by atoms with E-state index in [1.165, 1.54) is 110 Å². The maximum absolute atomic E-state index is 12.4. The van der Waals surface area contributed by atoms with Gasteiger partial charge in [-0.25, -0.2) is 0 Å². The SMILES string of the molecule is CCCCCCCC1CCC(CCc2ccc(-c3ccc(-c4ccc(CCCF)cc4)cc3)cc2)CC1. The fourth-order valence-corrected chi connectivity index (χ4v) is 6.07. The van der Waals surface area contributed by atoms with Crippen LogP contribution in [0, 0.1) is 11.8 Å². The van der Waals surface area contributed by atoms with E-state index in [4.69, 9.17) is 0 Å². The van der Waals surface area contributed by atoms with Crippen molar-refractivity contribution < 1.29 is 4.39 Å². The Morgan fingerprint density at radius 2 is 0.946 bits per heavy atom. The number of halogens is 1. The van der Waals surface area contributed by atoms with E-state index >= 15 is 0 Å². The fraction of sp³-hybridized carbons (Fsp3) is 0.500. The van der Waals surface area contributed by atoms with E-state index in [9.17, 15) is 4.39 Å². The Bertz CT molecular complexity index is 1010. The first-order valence-corrected chi connectivity index (χ1v) is 15.1. The molecular weight excluding hydrogens is 451 g/mol. The highest BCUT2D eigenvalue weighted by molar-refractivity contribution is 5.70. The smallest absolute Gasteiger partial charge is 0.0897 e. The number of benzene rings is 3. The topological polar surface area (TPSA) is 0 Å². The third-order valence-electron chi connectivity index (χ3n) is 8.58. The maximum atomic E-state index is 12.4. The van der Waals surface area contributed by atoms with Crippen molar-refractivity contribution in [1.82, 2.24) is 0 Å². The molecule has 0 saturated heterocycles. The summed E-state index contributed by atoms with van der Waals surface area (Å²) in [6.07, 6.45) is 18.4. The molecule has 37 heavy (non-hydrogen) atoms. The summed E-state index contributed by atoms with van der Waals surface area (Å²) in [7, 11) is 0. The summed E-state index contributed by atoms with van der Waals surface area (Å²) in [5.74, 6) is 1.94. The summed E-state index contributed by atoms with van der Waals surface area (Å²) in [4.78, 5) is 0. The van der Waals surface area contributed by atoms with Gasteiger partial charge in [0.2, 0.25) is 0 Å². The van der Waals surface area contributed by atoms with Gasteiger partial charge in [0.15, 0.2) is 0 Å². The second-order valence-electron chi connectivity index (χ2n) is 11.4. The molecule has 0 N–H and O–H groups in total. The minimum Gasteiger partial charge on any atom is -0.251 e. The molecule has 1 saturated carbocycles. The molecule has 1 fully saturated rings. The van der Waals surface area contributed by atoms with E-state index in [1.807, 2.05) is 0 Å². The monoisotopic (exact) mass is 498 g/mol. The minimum atomic E-state index is -0.246. The molecule has 0 bridgehead atoms. The summed E-state index contributed by atoms with van der Waals surface area (Å²) in [5.41, 5.74) is 7.68. The van der Waals surface area contributed by atoms with Crippen molar-refractivity contribution in [2.24, 2.45) is 11.8 Å². The largest absolute Gasteiger partial charge is 0.251 e. The number of hydrogen-bond acceptors (Lipinski definition) is 0. The quantitative estimate of drug-likeness (QED) is 0.194. The van der Waals surface area contributed by atoms with Crippen LogP contribution >= 0.6 is 0 Å². The zero-order chi connectivity index (χ0) is 25.7. The molecule has 4 rings (SSSR count). The number of rotatable bonds is 14. The molecule has 0 atom stereocenters. The van der Waals surface area contributed by atoms with E-state index < -0.39 is 0 Å². The van der Waals surface area contributed by atoms with Crippen LogP contribution < -0.4 is 0 Å². The van der Waals surface area contributed by atoms with Gasteiger partial charge in [-0.05, 0) is 70.9 Å². The summed E-state index contributed by atoms with van der Waals surface area (Å²) in [6.45, 7) is 2.06. The van der Waals surface area contributed by atoms with Crippen LogP contribution in [0.25, 0.3) is 22.3 Å². The molecule has 0 radical (unpaired) electrons. The normalized spacial score (nSPS) is 17.7. The van der Waals surface area contributed by atoms with Crippen molar-refractivity contribution in [3.63, 3.8) is 0 Å². The molecule has 0 aliphatic heterocycles. The molecule has 0 spiro atoms. The molecule has 3 aromatic carbocycles. The molecule has 3 aromatic rings. The second-order valence-corrected chi connectivity index (χ2v) is 11.4. The predicted molar refractivity (Wildman–Crippen MR) is 159 cm³/mol. The summed E-state index contributed by atoms with van der Waals surface area (Å²) < 4.78 is 12.4. The number of aryl methyl sites for hydroxylation is 2. The van der Waals surface area contributed by atoms with Crippen LogP contribution in [0.15, 0.2) is 72.8 Å². The Morgan fingerprint density at radius 3 is 1.43 bits per heavy atom. The van der Waals surface area contributed by atoms with Crippen LogP contribution in [0.4, 0.5) is 4.39 Å². The number of alkyl halides is 1. The fourth-order valence-electron chi connectivity index (χ4n) is 6.07. The van der Waals surface area contributed by atoms with E-state index in [-0.39, 0.29) is 6.67 Å². The summed E-state index contributed by atoms with van der Waals surface area (Å²) in [6, 6.07) is 26.7. The minimum absolute atomic E-state index is 0.246. The Hall–Kier alpha value is -2.41. The van der Waals surface area contributed by atoms with E-state index in [0.29, 0.717) is 6.42 Å². The van der Waals surface area contributed by atoms with E-state index in [1.54, 1.807) is 0 Å². The van der Waals surface area contributed by atoms with E-state index in [2.05, 4.69) is 79.7 Å². The van der Waals surface area contributed by atoms with Crippen molar-refractivity contribution in [2.75, 3.05) is 6.67 Å². The molecule has 0 nitrogen and oxygen atoms in total. The third-order valence-corrected chi connectivity index (χ3v) is 8.58. The van der Waals surface area contributed by atoms with Crippen LogP contribution in [0.5, 0.6) is 0 Å². The van der Waals surface area contributed by atoms with Crippen LogP contribution in [-0.2, 0) is 12.8 Å². The molecular formula is C36H47F. The lowest BCUT2D eigenvalue weighted by molar-refractivity contribution is 0.249. The molecule has 0 amide bonds. The number of unbranched alkanes of at least 4 members (excludes halogenated alkanes) is 4. The maximum Gasteiger partial charge on any atom is 0.0897 e. The van der Waals surface area contributed by atoms with Crippen molar-refractivity contribution in [2.45, 2.75) is 96.8 Å². The number of hydrogen-bond donors (Lipinski definition) is 0. The lowest BCUT2D eigenvalue weighted by Gasteiger charge is -2.28. The first-order valence-electron chi connectivity index (χ1n) is 15.1. The molecule has 1 aliphatic rings. The van der Waals surface area contributed by atoms with Gasteiger partial charge in [0.25, 0.3) is 0 Å². The molecule has 0 aromatic heterocycles. The first-order chi connectivity index (χ1) is 18.2. The molecule has 0 heterocycles. The van der Waals surface area contributed by atoms with Crippen LogP contribution in [0.1, 0.15) is 95.1 Å². The molecule has 0 unspecified atom stereocenters. The van der Waals surface area contributed by atoms with Gasteiger partial charge in [0.05, 0.1) is 6.67 Å². The van der Waals surface area contributed by atoms with Gasteiger partial charge >= 0.3 is 0 Å². The van der Waals surface area contributed by atoms with Gasteiger partial charge in [-0.3, -0.25) is 4.39 Å². The standard InChI is InChI=1S/C36H47F/c1-2-3-4-5-6-8-29-10-12-31(13-11-29)14-15-32-18-22-34(23-19-32)36-26-24-35(25-27-36)33-20-16-30(17-21-33)9-7-28-37/h16-27,29,31H,2-15,28H2,1H3. The van der Waals surface area contributed by atoms with Crippen molar-refractivity contribution >= 4 is 0 Å². The highest BCUT2D eigenvalue weighted by Gasteiger charge is 2.20. The lowest BCUT2D eigenvalue weighted by atomic mass is 9.77. The Morgan fingerprint density at radius 1 is 0.514 bits per heavy atom. The summed E-state index contributed by atoms with van der Waals surface area (Å²) >= 11 is 0. The predicted octanol–water partition coefficient (Wildman–Crippen LogP) is 11.0. The van der Waals surface area contributed by atoms with Crippen molar-refractivity contribution in [3.05, 3.63) is 83.9 Å². The van der Waals surface area contributed by atoms with Crippen LogP contribution in [0.3, 0.4) is 0 Å². The third kappa shape index (κ3) is 8.84. The van der Waals surface area contributed by atoms with Gasteiger partial charge in [-0.1, -0.05) is 144 Å². The van der Waals surface area contributed by atoms with Crippen LogP contribution in [0.2, 0.25) is 0 Å². The van der Waals surface area contributed by atoms with Crippen molar-refractivity contribution in [1.29, 1.82) is 0 Å². The average Bonchev–Trinajstić information content (AvgIpc) is 2.96. The second kappa shape index (κ2) is 15.1. The van der Waals surface area contributed by atoms with Gasteiger partial charge < -0.3 is 0 Å². The molecule has 198 valence electrons. The molecule has 1 heteroatoms. The molecule has 1 aliphatic carbocycles. The van der Waals surface area contributed by atoms with Gasteiger partial charge in [0.1, 0.15) is 0 Å². The van der Waals surface area contributed by atoms with Gasteiger partial charge in [0, 0.05) is 0 Å². The lowest BCUT2D eigenvalue weighted by Crippen LogP contribution is -2.15. The highest BCUT2D eigenvalue weighted by Crippen LogP contribution is 2.34. The first kappa shape index (κ1) is 27.6. The van der Waals surface area contributed by atoms with E-state index in [0.717, 1.165) is 18.3 Å².